The third kappa shape index (κ3) is 2.45. The van der Waals surface area contributed by atoms with Crippen LogP contribution in [0, 0.1) is 22.6 Å². The van der Waals surface area contributed by atoms with Gasteiger partial charge >= 0.3 is 0 Å². The number of benzene rings is 1. The third-order valence-corrected chi connectivity index (χ3v) is 4.87. The Morgan fingerprint density at radius 2 is 1.74 bits per heavy atom. The highest BCUT2D eigenvalue weighted by molar-refractivity contribution is 5.52. The molecule has 0 amide bonds. The monoisotopic (exact) mass is 258 g/mol. The van der Waals surface area contributed by atoms with Crippen molar-refractivity contribution in [1.29, 1.82) is 5.26 Å². The number of rotatable bonds is 1. The highest BCUT2D eigenvalue weighted by Crippen LogP contribution is 2.46. The van der Waals surface area contributed by atoms with Gasteiger partial charge in [0.25, 0.3) is 0 Å². The number of anilines is 1. The first-order chi connectivity index (χ1) is 9.21. The van der Waals surface area contributed by atoms with Crippen molar-refractivity contribution in [2.75, 3.05) is 18.0 Å². The van der Waals surface area contributed by atoms with Crippen molar-refractivity contribution in [3.05, 3.63) is 29.6 Å². The molecule has 2 fully saturated rings. The first-order valence-corrected chi connectivity index (χ1v) is 7.16. The molecule has 1 spiro atoms. The number of halogens is 1. The van der Waals surface area contributed by atoms with Crippen LogP contribution in [0.15, 0.2) is 18.2 Å². The smallest absolute Gasteiger partial charge is 0.126 e. The molecule has 0 aromatic heterocycles. The average Bonchev–Trinajstić information content (AvgIpc) is 2.87. The van der Waals surface area contributed by atoms with E-state index in [0.717, 1.165) is 18.8 Å². The second-order valence-corrected chi connectivity index (χ2v) is 6.00. The fourth-order valence-electron chi connectivity index (χ4n) is 3.69. The van der Waals surface area contributed by atoms with Gasteiger partial charge in [0.2, 0.25) is 0 Å². The topological polar surface area (TPSA) is 27.0 Å². The molecule has 2 aliphatic rings. The Hall–Kier alpha value is -1.56. The highest BCUT2D eigenvalue weighted by Gasteiger charge is 2.36. The molecule has 1 aliphatic carbocycles. The summed E-state index contributed by atoms with van der Waals surface area (Å²) in [5.41, 5.74) is 1.85. The molecule has 0 unspecified atom stereocenters. The van der Waals surface area contributed by atoms with Crippen molar-refractivity contribution in [3.8, 4) is 6.07 Å². The minimum Gasteiger partial charge on any atom is -0.371 e. The van der Waals surface area contributed by atoms with Crippen molar-refractivity contribution in [2.45, 2.75) is 38.5 Å². The summed E-state index contributed by atoms with van der Waals surface area (Å²) in [6.45, 7) is 1.99. The number of piperidine rings is 1. The summed E-state index contributed by atoms with van der Waals surface area (Å²) in [6, 6.07) is 6.68. The second kappa shape index (κ2) is 4.85. The maximum atomic E-state index is 13.5. The molecule has 2 nitrogen and oxygen atoms in total. The Balaban J connectivity index is 1.74. The summed E-state index contributed by atoms with van der Waals surface area (Å²) in [6.07, 6.45) is 7.91. The van der Waals surface area contributed by atoms with E-state index in [9.17, 15) is 4.39 Å². The molecule has 1 aromatic rings. The quantitative estimate of drug-likeness (QED) is 0.765. The first kappa shape index (κ1) is 12.5. The summed E-state index contributed by atoms with van der Waals surface area (Å²) in [7, 11) is 0. The van der Waals surface area contributed by atoms with Crippen LogP contribution in [0.2, 0.25) is 0 Å². The molecule has 1 saturated carbocycles. The summed E-state index contributed by atoms with van der Waals surface area (Å²) in [4.78, 5) is 2.23. The lowest BCUT2D eigenvalue weighted by molar-refractivity contribution is 0.226. The molecule has 3 heteroatoms. The zero-order valence-corrected chi connectivity index (χ0v) is 11.2. The SMILES string of the molecule is N#Cc1cc(F)cc(N2CCC3(CCCC3)CC2)c1. The van der Waals surface area contributed by atoms with Crippen LogP contribution < -0.4 is 4.90 Å². The molecular weight excluding hydrogens is 239 g/mol. The van der Waals surface area contributed by atoms with E-state index in [1.165, 1.54) is 44.6 Å². The number of hydrogen-bond acceptors (Lipinski definition) is 2. The van der Waals surface area contributed by atoms with Crippen molar-refractivity contribution >= 4 is 5.69 Å². The fraction of sp³-hybridized carbons (Fsp3) is 0.562. The van der Waals surface area contributed by atoms with Gasteiger partial charge in [-0.3, -0.25) is 0 Å². The van der Waals surface area contributed by atoms with Crippen LogP contribution in [0.1, 0.15) is 44.1 Å². The number of nitriles is 1. The van der Waals surface area contributed by atoms with E-state index in [-0.39, 0.29) is 5.82 Å². The van der Waals surface area contributed by atoms with Crippen molar-refractivity contribution < 1.29 is 4.39 Å². The molecule has 0 N–H and O–H groups in total. The highest BCUT2D eigenvalue weighted by atomic mass is 19.1. The van der Waals surface area contributed by atoms with Crippen LogP contribution in [0.25, 0.3) is 0 Å². The second-order valence-electron chi connectivity index (χ2n) is 6.00. The molecular formula is C16H19FN2. The Kier molecular flexibility index (Phi) is 3.18. The summed E-state index contributed by atoms with van der Waals surface area (Å²) < 4.78 is 13.5. The van der Waals surface area contributed by atoms with Gasteiger partial charge in [0.15, 0.2) is 0 Å². The zero-order chi connectivity index (χ0) is 13.3. The predicted molar refractivity (Wildman–Crippen MR) is 73.5 cm³/mol. The van der Waals surface area contributed by atoms with Crippen molar-refractivity contribution in [3.63, 3.8) is 0 Å². The van der Waals surface area contributed by atoms with Gasteiger partial charge in [-0.1, -0.05) is 12.8 Å². The van der Waals surface area contributed by atoms with Gasteiger partial charge < -0.3 is 4.90 Å². The van der Waals surface area contributed by atoms with Crippen molar-refractivity contribution in [1.82, 2.24) is 0 Å². The number of nitrogens with zero attached hydrogens (tertiary/aromatic N) is 2. The van der Waals surface area contributed by atoms with Crippen LogP contribution in [0.4, 0.5) is 10.1 Å². The van der Waals surface area contributed by atoms with Crippen LogP contribution in [0.3, 0.4) is 0 Å². The van der Waals surface area contributed by atoms with Gasteiger partial charge in [-0.2, -0.15) is 5.26 Å². The molecule has 0 radical (unpaired) electrons. The molecule has 1 heterocycles. The van der Waals surface area contributed by atoms with Gasteiger partial charge in [0, 0.05) is 18.8 Å². The Labute approximate surface area is 113 Å². The average molecular weight is 258 g/mol. The van der Waals surface area contributed by atoms with E-state index in [0.29, 0.717) is 11.0 Å². The Morgan fingerprint density at radius 3 is 2.37 bits per heavy atom. The number of hydrogen-bond donors (Lipinski definition) is 0. The van der Waals surface area contributed by atoms with Gasteiger partial charge in [0.1, 0.15) is 5.82 Å². The minimum absolute atomic E-state index is 0.310. The van der Waals surface area contributed by atoms with Crippen molar-refractivity contribution in [2.24, 2.45) is 5.41 Å². The first-order valence-electron chi connectivity index (χ1n) is 7.16. The Bertz CT molecular complexity index is 502. The van der Waals surface area contributed by atoms with E-state index >= 15 is 0 Å². The van der Waals surface area contributed by atoms with Gasteiger partial charge in [-0.25, -0.2) is 4.39 Å². The van der Waals surface area contributed by atoms with Gasteiger partial charge in [-0.05, 0) is 49.3 Å². The Morgan fingerprint density at radius 1 is 1.05 bits per heavy atom. The van der Waals surface area contributed by atoms with Crippen LogP contribution in [-0.2, 0) is 0 Å². The zero-order valence-electron chi connectivity index (χ0n) is 11.2. The van der Waals surface area contributed by atoms with E-state index < -0.39 is 0 Å². The molecule has 3 rings (SSSR count). The summed E-state index contributed by atoms with van der Waals surface area (Å²) in [5.74, 6) is -0.310. The molecule has 1 aliphatic heterocycles. The molecule has 1 saturated heterocycles. The molecule has 100 valence electrons. The molecule has 0 atom stereocenters. The van der Waals surface area contributed by atoms with Gasteiger partial charge in [0.05, 0.1) is 11.6 Å². The maximum Gasteiger partial charge on any atom is 0.126 e. The standard InChI is InChI=1S/C16H19FN2/c17-14-9-13(12-18)10-15(11-14)19-7-5-16(6-8-19)3-1-2-4-16/h9-11H,1-8H2. The van der Waals surface area contributed by atoms with E-state index in [1.54, 1.807) is 12.1 Å². The van der Waals surface area contributed by atoms with E-state index in [1.807, 2.05) is 6.07 Å². The molecule has 1 aromatic carbocycles. The predicted octanol–water partition coefficient (Wildman–Crippen LogP) is 3.86. The van der Waals surface area contributed by atoms with Crippen LogP contribution in [-0.4, -0.2) is 13.1 Å². The summed E-state index contributed by atoms with van der Waals surface area (Å²) in [5, 5.41) is 8.92. The van der Waals surface area contributed by atoms with Gasteiger partial charge in [-0.15, -0.1) is 0 Å². The normalized spacial score (nSPS) is 21.6. The fourth-order valence-corrected chi connectivity index (χ4v) is 3.69. The van der Waals surface area contributed by atoms with E-state index in [2.05, 4.69) is 4.90 Å². The van der Waals surface area contributed by atoms with Crippen LogP contribution >= 0.6 is 0 Å². The maximum absolute atomic E-state index is 13.5. The molecule has 0 bridgehead atoms. The largest absolute Gasteiger partial charge is 0.371 e. The summed E-state index contributed by atoms with van der Waals surface area (Å²) >= 11 is 0. The lowest BCUT2D eigenvalue weighted by Gasteiger charge is -2.40. The van der Waals surface area contributed by atoms with E-state index in [4.69, 9.17) is 5.26 Å². The third-order valence-electron chi connectivity index (χ3n) is 4.87. The van der Waals surface area contributed by atoms with Crippen LogP contribution in [0.5, 0.6) is 0 Å². The lowest BCUT2D eigenvalue weighted by Crippen LogP contribution is -2.38. The molecule has 19 heavy (non-hydrogen) atoms. The minimum atomic E-state index is -0.310. The lowest BCUT2D eigenvalue weighted by atomic mass is 9.77.